The Kier molecular flexibility index (Phi) is 2.34. The minimum Gasteiger partial charge on any atom is -0.379 e. The summed E-state index contributed by atoms with van der Waals surface area (Å²) >= 11 is 0. The van der Waals surface area contributed by atoms with Crippen LogP contribution < -0.4 is 5.32 Å². The van der Waals surface area contributed by atoms with Crippen LogP contribution in [0.4, 0.5) is 0 Å². The van der Waals surface area contributed by atoms with E-state index in [2.05, 4.69) is 17.5 Å². The summed E-state index contributed by atoms with van der Waals surface area (Å²) in [7, 11) is 0. The van der Waals surface area contributed by atoms with Gasteiger partial charge in [-0.15, -0.1) is 12.4 Å². The molecule has 0 aromatic rings. The van der Waals surface area contributed by atoms with Gasteiger partial charge in [0.2, 0.25) is 0 Å². The molecule has 3 heteroatoms. The van der Waals surface area contributed by atoms with E-state index in [1.54, 1.807) is 0 Å². The Balaban J connectivity index is 0.000000500. The third-order valence-corrected chi connectivity index (χ3v) is 2.06. The normalized spacial score (nSPS) is 36.8. The lowest BCUT2D eigenvalue weighted by Gasteiger charge is -2.18. The maximum absolute atomic E-state index is 5.27. The van der Waals surface area contributed by atoms with Crippen molar-refractivity contribution in [2.75, 3.05) is 19.8 Å². The molecule has 0 aromatic heterocycles. The Hall–Kier alpha value is -0.0500. The van der Waals surface area contributed by atoms with Crippen molar-refractivity contribution in [2.24, 2.45) is 0 Å². The van der Waals surface area contributed by atoms with E-state index in [4.69, 9.17) is 4.74 Å². The first-order chi connectivity index (χ1) is 4.41. The van der Waals surface area contributed by atoms with Crippen LogP contribution in [-0.2, 0) is 4.74 Å². The predicted molar refractivity (Wildman–Crippen MR) is 42.6 cm³/mol. The molecule has 0 saturated carbocycles. The molecule has 0 bridgehead atoms. The zero-order valence-electron chi connectivity index (χ0n) is 5.80. The molecule has 2 nitrogen and oxygen atoms in total. The molecule has 1 atom stereocenters. The number of hydrogen-bond acceptors (Lipinski definition) is 2. The standard InChI is InChI=1S/C7H11NO.ClH/c1-2-7(8-4-1)3-5-9-6-7;/h1-2,8H,3-6H2;1H. The Morgan fingerprint density at radius 3 is 2.90 bits per heavy atom. The second-order valence-electron chi connectivity index (χ2n) is 2.74. The second-order valence-corrected chi connectivity index (χ2v) is 2.74. The van der Waals surface area contributed by atoms with Gasteiger partial charge in [0.05, 0.1) is 12.1 Å². The van der Waals surface area contributed by atoms with Gasteiger partial charge in [-0.2, -0.15) is 0 Å². The third-order valence-electron chi connectivity index (χ3n) is 2.06. The molecule has 0 radical (unpaired) electrons. The molecule has 1 fully saturated rings. The average Bonchev–Trinajstić information content (AvgIpc) is 2.45. The summed E-state index contributed by atoms with van der Waals surface area (Å²) in [6, 6.07) is 0. The van der Waals surface area contributed by atoms with Crippen molar-refractivity contribution in [3.05, 3.63) is 12.2 Å². The molecule has 1 spiro atoms. The van der Waals surface area contributed by atoms with E-state index in [0.29, 0.717) is 0 Å². The molecule has 2 aliphatic rings. The van der Waals surface area contributed by atoms with Crippen LogP contribution >= 0.6 is 12.4 Å². The SMILES string of the molecule is C1=CC2(CCOC2)NC1.Cl. The van der Waals surface area contributed by atoms with E-state index >= 15 is 0 Å². The molecule has 1 unspecified atom stereocenters. The lowest BCUT2D eigenvalue weighted by Crippen LogP contribution is -2.39. The van der Waals surface area contributed by atoms with E-state index in [1.165, 1.54) is 0 Å². The summed E-state index contributed by atoms with van der Waals surface area (Å²) in [4.78, 5) is 0. The van der Waals surface area contributed by atoms with Crippen molar-refractivity contribution in [3.63, 3.8) is 0 Å². The largest absolute Gasteiger partial charge is 0.379 e. The van der Waals surface area contributed by atoms with Gasteiger partial charge < -0.3 is 10.1 Å². The molecule has 2 rings (SSSR count). The van der Waals surface area contributed by atoms with Gasteiger partial charge in [0, 0.05) is 13.2 Å². The predicted octanol–water partition coefficient (Wildman–Crippen LogP) is 0.727. The molecule has 2 aliphatic heterocycles. The molecule has 58 valence electrons. The van der Waals surface area contributed by atoms with Crippen LogP contribution in [0.25, 0.3) is 0 Å². The van der Waals surface area contributed by atoms with Gasteiger partial charge >= 0.3 is 0 Å². The van der Waals surface area contributed by atoms with Crippen LogP contribution in [0, 0.1) is 0 Å². The third kappa shape index (κ3) is 1.19. The second kappa shape index (κ2) is 2.91. The van der Waals surface area contributed by atoms with Gasteiger partial charge in [0.15, 0.2) is 0 Å². The van der Waals surface area contributed by atoms with Gasteiger partial charge in [-0.05, 0) is 6.42 Å². The highest BCUT2D eigenvalue weighted by Gasteiger charge is 2.33. The van der Waals surface area contributed by atoms with E-state index in [9.17, 15) is 0 Å². The van der Waals surface area contributed by atoms with Crippen molar-refractivity contribution in [3.8, 4) is 0 Å². The van der Waals surface area contributed by atoms with Crippen LogP contribution in [0.15, 0.2) is 12.2 Å². The first kappa shape index (κ1) is 8.05. The maximum Gasteiger partial charge on any atom is 0.0685 e. The number of rotatable bonds is 0. The minimum atomic E-state index is 0. The van der Waals surface area contributed by atoms with Crippen LogP contribution in [-0.4, -0.2) is 25.3 Å². The van der Waals surface area contributed by atoms with Gasteiger partial charge in [-0.3, -0.25) is 0 Å². The van der Waals surface area contributed by atoms with Crippen molar-refractivity contribution < 1.29 is 4.74 Å². The molecule has 0 amide bonds. The fraction of sp³-hybridized carbons (Fsp3) is 0.714. The molecule has 1 saturated heterocycles. The zero-order chi connectivity index (χ0) is 6.16. The van der Waals surface area contributed by atoms with Crippen molar-refractivity contribution >= 4 is 12.4 Å². The minimum absolute atomic E-state index is 0. The van der Waals surface area contributed by atoms with Gasteiger partial charge in [-0.25, -0.2) is 0 Å². The summed E-state index contributed by atoms with van der Waals surface area (Å²) < 4.78 is 5.27. The van der Waals surface area contributed by atoms with Crippen LogP contribution in [0.1, 0.15) is 6.42 Å². The number of nitrogens with one attached hydrogen (secondary N) is 1. The quantitative estimate of drug-likeness (QED) is 0.529. The number of halogens is 1. The lowest BCUT2D eigenvalue weighted by molar-refractivity contribution is 0.181. The molecule has 1 N–H and O–H groups in total. The molecule has 10 heavy (non-hydrogen) atoms. The summed E-state index contributed by atoms with van der Waals surface area (Å²) in [5.74, 6) is 0. The van der Waals surface area contributed by atoms with E-state index in [1.807, 2.05) is 0 Å². The smallest absolute Gasteiger partial charge is 0.0685 e. The Bertz CT molecular complexity index is 141. The van der Waals surface area contributed by atoms with Crippen molar-refractivity contribution in [1.29, 1.82) is 0 Å². The number of hydrogen-bond donors (Lipinski definition) is 1. The lowest BCUT2D eigenvalue weighted by atomic mass is 10.0. The van der Waals surface area contributed by atoms with Crippen molar-refractivity contribution in [1.82, 2.24) is 5.32 Å². The zero-order valence-corrected chi connectivity index (χ0v) is 6.62. The van der Waals surface area contributed by atoms with Crippen LogP contribution in [0.3, 0.4) is 0 Å². The fourth-order valence-electron chi connectivity index (χ4n) is 1.46. The fourth-order valence-corrected chi connectivity index (χ4v) is 1.46. The molecule has 0 aromatic carbocycles. The molecule has 0 aliphatic carbocycles. The summed E-state index contributed by atoms with van der Waals surface area (Å²) in [6.45, 7) is 2.80. The number of ether oxygens (including phenoxy) is 1. The Morgan fingerprint density at radius 2 is 2.40 bits per heavy atom. The summed E-state index contributed by atoms with van der Waals surface area (Å²) in [6.07, 6.45) is 5.55. The van der Waals surface area contributed by atoms with Crippen LogP contribution in [0.2, 0.25) is 0 Å². The first-order valence-corrected chi connectivity index (χ1v) is 3.42. The summed E-state index contributed by atoms with van der Waals surface area (Å²) in [5, 5.41) is 3.40. The van der Waals surface area contributed by atoms with E-state index < -0.39 is 0 Å². The average molecular weight is 162 g/mol. The topological polar surface area (TPSA) is 21.3 Å². The molecular weight excluding hydrogens is 150 g/mol. The van der Waals surface area contributed by atoms with E-state index in [-0.39, 0.29) is 17.9 Å². The van der Waals surface area contributed by atoms with Gasteiger partial charge in [0.1, 0.15) is 0 Å². The Labute approximate surface area is 67.0 Å². The van der Waals surface area contributed by atoms with Gasteiger partial charge in [-0.1, -0.05) is 12.2 Å². The molecular formula is C7H12ClNO. The summed E-state index contributed by atoms with van der Waals surface area (Å²) in [5.41, 5.74) is 0.236. The highest BCUT2D eigenvalue weighted by molar-refractivity contribution is 5.85. The maximum atomic E-state index is 5.27. The highest BCUT2D eigenvalue weighted by Crippen LogP contribution is 2.22. The molecule has 2 heterocycles. The first-order valence-electron chi connectivity index (χ1n) is 3.42. The highest BCUT2D eigenvalue weighted by atomic mass is 35.5. The van der Waals surface area contributed by atoms with E-state index in [0.717, 1.165) is 26.2 Å². The van der Waals surface area contributed by atoms with Crippen LogP contribution in [0.5, 0.6) is 0 Å². The Morgan fingerprint density at radius 1 is 1.50 bits per heavy atom. The van der Waals surface area contributed by atoms with Gasteiger partial charge in [0.25, 0.3) is 0 Å². The monoisotopic (exact) mass is 161 g/mol. The van der Waals surface area contributed by atoms with Crippen molar-refractivity contribution in [2.45, 2.75) is 12.0 Å².